The van der Waals surface area contributed by atoms with E-state index >= 15 is 0 Å². The van der Waals surface area contributed by atoms with Crippen molar-refractivity contribution in [2.75, 3.05) is 11.9 Å². The summed E-state index contributed by atoms with van der Waals surface area (Å²) in [5.74, 6) is -1.99. The number of hydrogen-bond acceptors (Lipinski definition) is 5. The van der Waals surface area contributed by atoms with Crippen LogP contribution in [0.2, 0.25) is 0 Å². The van der Waals surface area contributed by atoms with E-state index in [0.29, 0.717) is 12.8 Å². The van der Waals surface area contributed by atoms with Crippen LogP contribution in [0.25, 0.3) is 0 Å². The molecular formula is C18H17N3O5. The number of nitrogens with one attached hydrogen (secondary N) is 2. The number of aliphatic hydroxyl groups is 1. The normalized spacial score (nSPS) is 14.3. The molecule has 2 aromatic carbocycles. The highest BCUT2D eigenvalue weighted by Crippen LogP contribution is 2.29. The highest BCUT2D eigenvalue weighted by molar-refractivity contribution is 6.39. The third-order valence-corrected chi connectivity index (χ3v) is 4.29. The first-order valence-corrected chi connectivity index (χ1v) is 8.00. The molecular weight excluding hydrogens is 338 g/mol. The molecule has 0 unspecified atom stereocenters. The molecule has 0 aliphatic heterocycles. The van der Waals surface area contributed by atoms with Gasteiger partial charge in [0.05, 0.1) is 10.5 Å². The standard InChI is InChI=1S/C18H17N3O5/c22-16(17(23)20-14-7-3-4-8-15(14)21(25)26)19-11-18(24)9-12-5-1-2-6-13(12)10-18/h1-8,24H,9-11H2,(H,19,22)(H,20,23). The van der Waals surface area contributed by atoms with Crippen LogP contribution in [0, 0.1) is 10.1 Å². The summed E-state index contributed by atoms with van der Waals surface area (Å²) in [6.45, 7) is -0.0924. The summed E-state index contributed by atoms with van der Waals surface area (Å²) in [6, 6.07) is 13.1. The fraction of sp³-hybridized carbons (Fsp3) is 0.222. The summed E-state index contributed by atoms with van der Waals surface area (Å²) in [5.41, 5.74) is 0.489. The van der Waals surface area contributed by atoms with Gasteiger partial charge in [-0.3, -0.25) is 19.7 Å². The Balaban J connectivity index is 1.59. The van der Waals surface area contributed by atoms with Crippen LogP contribution < -0.4 is 10.6 Å². The summed E-state index contributed by atoms with van der Waals surface area (Å²) in [5, 5.41) is 26.2. The number of benzene rings is 2. The number of nitrogens with zero attached hydrogens (tertiary/aromatic N) is 1. The predicted molar refractivity (Wildman–Crippen MR) is 93.5 cm³/mol. The first-order valence-electron chi connectivity index (χ1n) is 8.00. The van der Waals surface area contributed by atoms with E-state index in [9.17, 15) is 24.8 Å². The monoisotopic (exact) mass is 355 g/mol. The number of amides is 2. The average molecular weight is 355 g/mol. The lowest BCUT2D eigenvalue weighted by Crippen LogP contribution is -2.46. The molecule has 0 heterocycles. The Morgan fingerprint density at radius 1 is 1.04 bits per heavy atom. The predicted octanol–water partition coefficient (Wildman–Crippen LogP) is 1.18. The fourth-order valence-corrected chi connectivity index (χ4v) is 3.04. The van der Waals surface area contributed by atoms with E-state index in [1.807, 2.05) is 24.3 Å². The van der Waals surface area contributed by atoms with Gasteiger partial charge in [-0.05, 0) is 17.2 Å². The van der Waals surface area contributed by atoms with Crippen LogP contribution in [-0.2, 0) is 22.4 Å². The van der Waals surface area contributed by atoms with Gasteiger partial charge < -0.3 is 15.7 Å². The van der Waals surface area contributed by atoms with E-state index in [2.05, 4.69) is 10.6 Å². The zero-order valence-corrected chi connectivity index (χ0v) is 13.8. The van der Waals surface area contributed by atoms with Crippen LogP contribution in [-0.4, -0.2) is 34.0 Å². The fourth-order valence-electron chi connectivity index (χ4n) is 3.04. The number of fused-ring (bicyclic) bond motifs is 1. The lowest BCUT2D eigenvalue weighted by atomic mass is 10.0. The van der Waals surface area contributed by atoms with Gasteiger partial charge in [-0.15, -0.1) is 0 Å². The molecule has 1 aliphatic carbocycles. The summed E-state index contributed by atoms with van der Waals surface area (Å²) in [6.07, 6.45) is 0.768. The van der Waals surface area contributed by atoms with E-state index in [1.165, 1.54) is 24.3 Å². The van der Waals surface area contributed by atoms with Crippen LogP contribution in [0.15, 0.2) is 48.5 Å². The molecule has 8 heteroatoms. The Morgan fingerprint density at radius 2 is 1.62 bits per heavy atom. The van der Waals surface area contributed by atoms with Gasteiger partial charge in [-0.1, -0.05) is 36.4 Å². The van der Waals surface area contributed by atoms with Gasteiger partial charge in [0, 0.05) is 25.5 Å². The van der Waals surface area contributed by atoms with Crippen LogP contribution in [0.1, 0.15) is 11.1 Å². The van der Waals surface area contributed by atoms with Gasteiger partial charge in [0.1, 0.15) is 5.69 Å². The molecule has 0 aromatic heterocycles. The van der Waals surface area contributed by atoms with Gasteiger partial charge in [-0.2, -0.15) is 0 Å². The van der Waals surface area contributed by atoms with Crippen LogP contribution in [0.5, 0.6) is 0 Å². The molecule has 134 valence electrons. The molecule has 8 nitrogen and oxygen atoms in total. The maximum absolute atomic E-state index is 12.0. The number of anilines is 1. The SMILES string of the molecule is O=C(NCC1(O)Cc2ccccc2C1)C(=O)Nc1ccccc1[N+](=O)[O-]. The Morgan fingerprint density at radius 3 is 2.23 bits per heavy atom. The van der Waals surface area contributed by atoms with Gasteiger partial charge in [0.2, 0.25) is 0 Å². The van der Waals surface area contributed by atoms with E-state index in [0.717, 1.165) is 11.1 Å². The molecule has 3 rings (SSSR count). The van der Waals surface area contributed by atoms with Crippen LogP contribution in [0.4, 0.5) is 11.4 Å². The minimum atomic E-state index is -1.15. The van der Waals surface area contributed by atoms with Crippen LogP contribution >= 0.6 is 0 Å². The second kappa shape index (κ2) is 6.93. The molecule has 3 N–H and O–H groups in total. The molecule has 0 saturated carbocycles. The number of carbonyl (C=O) groups is 2. The van der Waals surface area contributed by atoms with Crippen molar-refractivity contribution in [2.24, 2.45) is 0 Å². The minimum Gasteiger partial charge on any atom is -0.387 e. The molecule has 1 aliphatic rings. The average Bonchev–Trinajstić information content (AvgIpc) is 2.96. The topological polar surface area (TPSA) is 122 Å². The van der Waals surface area contributed by atoms with Crippen molar-refractivity contribution in [3.63, 3.8) is 0 Å². The number of carbonyl (C=O) groups excluding carboxylic acids is 2. The molecule has 0 radical (unpaired) electrons. The number of nitro benzene ring substituents is 1. The molecule has 0 atom stereocenters. The molecule has 0 fully saturated rings. The third-order valence-electron chi connectivity index (χ3n) is 4.29. The van der Waals surface area contributed by atoms with Crippen molar-refractivity contribution in [2.45, 2.75) is 18.4 Å². The van der Waals surface area contributed by atoms with E-state index in [-0.39, 0.29) is 17.9 Å². The van der Waals surface area contributed by atoms with Gasteiger partial charge in [0.15, 0.2) is 0 Å². The maximum Gasteiger partial charge on any atom is 0.313 e. The summed E-state index contributed by atoms with van der Waals surface area (Å²) >= 11 is 0. The maximum atomic E-state index is 12.0. The molecule has 0 saturated heterocycles. The van der Waals surface area contributed by atoms with Crippen molar-refractivity contribution in [3.05, 3.63) is 69.8 Å². The highest BCUT2D eigenvalue weighted by atomic mass is 16.6. The lowest BCUT2D eigenvalue weighted by molar-refractivity contribution is -0.383. The second-order valence-electron chi connectivity index (χ2n) is 6.26. The summed E-state index contributed by atoms with van der Waals surface area (Å²) in [4.78, 5) is 34.3. The number of rotatable bonds is 4. The quantitative estimate of drug-likeness (QED) is 0.432. The van der Waals surface area contributed by atoms with Crippen LogP contribution in [0.3, 0.4) is 0 Å². The Hall–Kier alpha value is -3.26. The molecule has 2 aromatic rings. The minimum absolute atomic E-state index is 0.0652. The Kier molecular flexibility index (Phi) is 4.68. The number of nitro groups is 1. The first-order chi connectivity index (χ1) is 12.4. The van der Waals surface area contributed by atoms with Crippen molar-refractivity contribution in [3.8, 4) is 0 Å². The van der Waals surface area contributed by atoms with Crippen molar-refractivity contribution < 1.29 is 19.6 Å². The molecule has 26 heavy (non-hydrogen) atoms. The van der Waals surface area contributed by atoms with Gasteiger partial charge in [0.25, 0.3) is 5.69 Å². The molecule has 0 bridgehead atoms. The van der Waals surface area contributed by atoms with Gasteiger partial charge >= 0.3 is 11.8 Å². The van der Waals surface area contributed by atoms with E-state index < -0.39 is 22.3 Å². The zero-order valence-electron chi connectivity index (χ0n) is 13.8. The Labute approximate surface area is 149 Å². The first kappa shape index (κ1) is 17.6. The zero-order chi connectivity index (χ0) is 18.7. The largest absolute Gasteiger partial charge is 0.387 e. The van der Waals surface area contributed by atoms with Crippen molar-refractivity contribution in [1.82, 2.24) is 5.32 Å². The third kappa shape index (κ3) is 3.70. The van der Waals surface area contributed by atoms with E-state index in [4.69, 9.17) is 0 Å². The molecule has 0 spiro atoms. The smallest absolute Gasteiger partial charge is 0.313 e. The lowest BCUT2D eigenvalue weighted by Gasteiger charge is -2.22. The summed E-state index contributed by atoms with van der Waals surface area (Å²) in [7, 11) is 0. The second-order valence-corrected chi connectivity index (χ2v) is 6.26. The number of para-hydroxylation sites is 2. The van der Waals surface area contributed by atoms with E-state index in [1.54, 1.807) is 0 Å². The van der Waals surface area contributed by atoms with Crippen molar-refractivity contribution >= 4 is 23.2 Å². The summed E-state index contributed by atoms with van der Waals surface area (Å²) < 4.78 is 0. The highest BCUT2D eigenvalue weighted by Gasteiger charge is 2.35. The Bertz CT molecular complexity index is 856. The number of hydrogen-bond donors (Lipinski definition) is 3. The molecule has 2 amide bonds. The van der Waals surface area contributed by atoms with Crippen molar-refractivity contribution in [1.29, 1.82) is 0 Å². The van der Waals surface area contributed by atoms with Gasteiger partial charge in [-0.25, -0.2) is 0 Å².